The van der Waals surface area contributed by atoms with Crippen LogP contribution >= 0.6 is 27.3 Å². The molecule has 0 unspecified atom stereocenters. The van der Waals surface area contributed by atoms with Crippen molar-refractivity contribution < 1.29 is 13.9 Å². The summed E-state index contributed by atoms with van der Waals surface area (Å²) >= 11 is 4.95. The van der Waals surface area contributed by atoms with E-state index in [1.165, 1.54) is 11.3 Å². The molecule has 0 atom stereocenters. The van der Waals surface area contributed by atoms with Gasteiger partial charge in [-0.3, -0.25) is 9.69 Å². The summed E-state index contributed by atoms with van der Waals surface area (Å²) in [6.07, 6.45) is 1.60. The molecule has 5 nitrogen and oxygen atoms in total. The number of nitrogens with zero attached hydrogens (tertiary/aromatic N) is 2. The van der Waals surface area contributed by atoms with Crippen LogP contribution in [0.25, 0.3) is 10.2 Å². The molecule has 2 aromatic heterocycles. The number of carbonyl (C=O) groups is 1. The first kappa shape index (κ1) is 18.7. The number of anilines is 1. The first-order valence-corrected chi connectivity index (χ1v) is 10.2. The maximum absolute atomic E-state index is 13.4. The van der Waals surface area contributed by atoms with E-state index in [0.29, 0.717) is 22.2 Å². The van der Waals surface area contributed by atoms with Crippen molar-refractivity contribution in [2.24, 2.45) is 0 Å². The molecule has 0 saturated heterocycles. The first-order valence-electron chi connectivity index (χ1n) is 8.61. The van der Waals surface area contributed by atoms with E-state index in [2.05, 4.69) is 15.9 Å². The summed E-state index contributed by atoms with van der Waals surface area (Å²) in [5.41, 5.74) is 2.41. The van der Waals surface area contributed by atoms with Gasteiger partial charge in [0.05, 0.1) is 30.2 Å². The highest BCUT2D eigenvalue weighted by atomic mass is 79.9. The van der Waals surface area contributed by atoms with Gasteiger partial charge in [-0.25, -0.2) is 4.98 Å². The third-order valence-electron chi connectivity index (χ3n) is 4.39. The lowest BCUT2D eigenvalue weighted by Gasteiger charge is -2.19. The number of halogens is 1. The lowest BCUT2D eigenvalue weighted by atomic mass is 10.2. The number of amides is 1. The third-order valence-corrected chi connectivity index (χ3v) is 6.29. The van der Waals surface area contributed by atoms with Crippen LogP contribution in [0, 0.1) is 6.92 Å². The van der Waals surface area contributed by atoms with Crippen LogP contribution in [-0.4, -0.2) is 18.0 Å². The van der Waals surface area contributed by atoms with E-state index in [1.807, 2.05) is 49.4 Å². The van der Waals surface area contributed by atoms with Gasteiger partial charge in [0, 0.05) is 4.47 Å². The first-order chi connectivity index (χ1) is 13.6. The van der Waals surface area contributed by atoms with E-state index < -0.39 is 0 Å². The van der Waals surface area contributed by atoms with Crippen LogP contribution in [0.4, 0.5) is 5.13 Å². The minimum absolute atomic E-state index is 0.153. The Kier molecular flexibility index (Phi) is 5.19. The van der Waals surface area contributed by atoms with Crippen LogP contribution in [0.3, 0.4) is 0 Å². The Bertz CT molecular complexity index is 1140. The van der Waals surface area contributed by atoms with E-state index in [-0.39, 0.29) is 12.5 Å². The smallest absolute Gasteiger partial charge is 0.261 e. The molecule has 2 heterocycles. The van der Waals surface area contributed by atoms with Crippen LogP contribution in [0.1, 0.15) is 21.7 Å². The number of methoxy groups -OCH3 is 1. The number of hydrogen-bond acceptors (Lipinski definition) is 5. The number of furan rings is 1. The van der Waals surface area contributed by atoms with Gasteiger partial charge in [-0.05, 0) is 58.7 Å². The molecule has 0 aliphatic rings. The van der Waals surface area contributed by atoms with Crippen LogP contribution in [-0.2, 0) is 6.54 Å². The van der Waals surface area contributed by atoms with Gasteiger partial charge in [-0.1, -0.05) is 29.5 Å². The highest BCUT2D eigenvalue weighted by Crippen LogP contribution is 2.37. The van der Waals surface area contributed by atoms with Gasteiger partial charge in [0.2, 0.25) is 0 Å². The highest BCUT2D eigenvalue weighted by Gasteiger charge is 2.25. The van der Waals surface area contributed by atoms with Gasteiger partial charge in [-0.15, -0.1) is 0 Å². The minimum Gasteiger partial charge on any atom is -0.494 e. The van der Waals surface area contributed by atoms with Crippen molar-refractivity contribution in [3.8, 4) is 5.75 Å². The predicted octanol–water partition coefficient (Wildman–Crippen LogP) is 5.82. The molecule has 0 aliphatic carbocycles. The number of fused-ring (bicyclic) bond motifs is 1. The second kappa shape index (κ2) is 7.77. The molecule has 4 aromatic rings. The lowest BCUT2D eigenvalue weighted by Crippen LogP contribution is -2.30. The quantitative estimate of drug-likeness (QED) is 0.379. The molecule has 0 aliphatic heterocycles. The van der Waals surface area contributed by atoms with E-state index in [1.54, 1.807) is 24.3 Å². The normalized spacial score (nSPS) is 11.0. The summed E-state index contributed by atoms with van der Waals surface area (Å²) in [5.74, 6) is 1.22. The van der Waals surface area contributed by atoms with Crippen molar-refractivity contribution in [3.63, 3.8) is 0 Å². The van der Waals surface area contributed by atoms with E-state index in [4.69, 9.17) is 14.1 Å². The summed E-state index contributed by atoms with van der Waals surface area (Å²) in [6.45, 7) is 2.31. The maximum Gasteiger partial charge on any atom is 0.261 e. The Labute approximate surface area is 174 Å². The number of aryl methyl sites for hydroxylation is 1. The molecule has 28 heavy (non-hydrogen) atoms. The average Bonchev–Trinajstić information content (AvgIpc) is 3.36. The number of ether oxygens (including phenoxy) is 1. The molecule has 142 valence electrons. The summed E-state index contributed by atoms with van der Waals surface area (Å²) in [4.78, 5) is 19.8. The van der Waals surface area contributed by atoms with Crippen molar-refractivity contribution in [2.75, 3.05) is 12.0 Å². The Morgan fingerprint density at radius 2 is 2.04 bits per heavy atom. The molecule has 1 amide bonds. The zero-order valence-corrected chi connectivity index (χ0v) is 17.7. The lowest BCUT2D eigenvalue weighted by molar-refractivity contribution is 0.0982. The SMILES string of the molecule is COc1ccc(C)c2sc(N(Cc3ccco3)C(=O)c3ccccc3Br)nc12. The number of benzene rings is 2. The standard InChI is InChI=1S/C21H17BrN2O3S/c1-13-9-10-17(26-2)18-19(13)28-21(23-18)24(12-14-6-5-11-27-14)20(25)15-7-3-4-8-16(15)22/h3-11H,12H2,1-2H3. The molecule has 2 aromatic carbocycles. The van der Waals surface area contributed by atoms with Crippen LogP contribution in [0.5, 0.6) is 5.75 Å². The molecule has 4 rings (SSSR count). The van der Waals surface area contributed by atoms with Crippen molar-refractivity contribution >= 4 is 48.5 Å². The van der Waals surface area contributed by atoms with Gasteiger partial charge in [0.1, 0.15) is 17.0 Å². The van der Waals surface area contributed by atoms with Crippen LogP contribution in [0.2, 0.25) is 0 Å². The second-order valence-electron chi connectivity index (χ2n) is 6.21. The van der Waals surface area contributed by atoms with Gasteiger partial charge >= 0.3 is 0 Å². The largest absolute Gasteiger partial charge is 0.494 e. The average molecular weight is 457 g/mol. The van der Waals surface area contributed by atoms with Crippen molar-refractivity contribution in [2.45, 2.75) is 13.5 Å². The van der Waals surface area contributed by atoms with Crippen molar-refractivity contribution in [1.29, 1.82) is 0 Å². The number of aromatic nitrogens is 1. The van der Waals surface area contributed by atoms with E-state index >= 15 is 0 Å². The maximum atomic E-state index is 13.4. The summed E-state index contributed by atoms with van der Waals surface area (Å²) in [6, 6.07) is 14.9. The Morgan fingerprint density at radius 3 is 2.75 bits per heavy atom. The van der Waals surface area contributed by atoms with E-state index in [9.17, 15) is 4.79 Å². The Balaban J connectivity index is 1.84. The monoisotopic (exact) mass is 456 g/mol. The molecule has 0 fully saturated rings. The molecule has 7 heteroatoms. The summed E-state index contributed by atoms with van der Waals surface area (Å²) < 4.78 is 12.7. The molecule has 0 radical (unpaired) electrons. The summed E-state index contributed by atoms with van der Waals surface area (Å²) in [5, 5.41) is 0.597. The van der Waals surface area contributed by atoms with E-state index in [0.717, 1.165) is 20.3 Å². The zero-order chi connectivity index (χ0) is 19.7. The molecular weight excluding hydrogens is 440 g/mol. The van der Waals surface area contributed by atoms with Gasteiger partial charge in [-0.2, -0.15) is 0 Å². The minimum atomic E-state index is -0.153. The fraction of sp³-hybridized carbons (Fsp3) is 0.143. The molecular formula is C21H17BrN2O3S. The number of rotatable bonds is 5. The molecule has 0 spiro atoms. The summed E-state index contributed by atoms with van der Waals surface area (Å²) in [7, 11) is 1.62. The van der Waals surface area contributed by atoms with Crippen LogP contribution in [0.15, 0.2) is 63.7 Å². The zero-order valence-electron chi connectivity index (χ0n) is 15.3. The highest BCUT2D eigenvalue weighted by molar-refractivity contribution is 9.10. The predicted molar refractivity (Wildman–Crippen MR) is 114 cm³/mol. The number of hydrogen-bond donors (Lipinski definition) is 0. The molecule has 0 N–H and O–H groups in total. The Hall–Kier alpha value is -2.64. The molecule has 0 bridgehead atoms. The van der Waals surface area contributed by atoms with Crippen molar-refractivity contribution in [3.05, 3.63) is 76.2 Å². The fourth-order valence-electron chi connectivity index (χ4n) is 2.94. The second-order valence-corrected chi connectivity index (χ2v) is 8.04. The number of carbonyl (C=O) groups excluding carboxylic acids is 1. The third kappa shape index (κ3) is 3.43. The van der Waals surface area contributed by atoms with Crippen molar-refractivity contribution in [1.82, 2.24) is 4.98 Å². The van der Waals surface area contributed by atoms with Gasteiger partial charge in [0.15, 0.2) is 5.13 Å². The van der Waals surface area contributed by atoms with Crippen LogP contribution < -0.4 is 9.64 Å². The fourth-order valence-corrected chi connectivity index (χ4v) is 4.45. The number of thiazole rings is 1. The topological polar surface area (TPSA) is 55.6 Å². The van der Waals surface area contributed by atoms with Gasteiger partial charge < -0.3 is 9.15 Å². The Morgan fingerprint density at radius 1 is 1.21 bits per heavy atom. The van der Waals surface area contributed by atoms with Gasteiger partial charge in [0.25, 0.3) is 5.91 Å². The molecule has 0 saturated carbocycles.